The molecule has 2 aromatic heterocycles. The maximum absolute atomic E-state index is 6.22. The van der Waals surface area contributed by atoms with Crippen LogP contribution in [0.3, 0.4) is 0 Å². The van der Waals surface area contributed by atoms with Crippen molar-refractivity contribution in [2.75, 3.05) is 5.73 Å². The van der Waals surface area contributed by atoms with Gasteiger partial charge in [0, 0.05) is 5.56 Å². The largest absolute Gasteiger partial charge is 0.383 e. The monoisotopic (exact) mass is 275 g/mol. The fourth-order valence-corrected chi connectivity index (χ4v) is 2.59. The third kappa shape index (κ3) is 3.26. The number of anilines is 1. The first-order chi connectivity index (χ1) is 9.77. The molecule has 0 spiro atoms. The van der Waals surface area contributed by atoms with E-state index in [4.69, 9.17) is 5.73 Å². The molecule has 0 amide bonds. The first-order valence-electron chi connectivity index (χ1n) is 7.74. The van der Waals surface area contributed by atoms with Gasteiger partial charge in [0.1, 0.15) is 12.1 Å². The predicted octanol–water partition coefficient (Wildman–Crippen LogP) is 3.17. The minimum atomic E-state index is 0.603. The van der Waals surface area contributed by atoms with E-state index in [2.05, 4.69) is 28.9 Å². The van der Waals surface area contributed by atoms with E-state index >= 15 is 0 Å². The second kappa shape index (κ2) is 7.22. The smallest absolute Gasteiger partial charge is 0.254 e. The minimum Gasteiger partial charge on any atom is -0.383 e. The van der Waals surface area contributed by atoms with Crippen LogP contribution in [-0.4, -0.2) is 19.6 Å². The van der Waals surface area contributed by atoms with Gasteiger partial charge in [-0.05, 0) is 19.3 Å². The summed E-state index contributed by atoms with van der Waals surface area (Å²) < 4.78 is 1.64. The Hall–Kier alpha value is -1.65. The zero-order valence-corrected chi connectivity index (χ0v) is 12.6. The first kappa shape index (κ1) is 14.8. The quantitative estimate of drug-likeness (QED) is 0.751. The van der Waals surface area contributed by atoms with Crippen LogP contribution < -0.4 is 5.73 Å². The van der Waals surface area contributed by atoms with Gasteiger partial charge in [-0.1, -0.05) is 46.0 Å². The van der Waals surface area contributed by atoms with Crippen LogP contribution in [0.2, 0.25) is 0 Å². The van der Waals surface area contributed by atoms with E-state index in [0.29, 0.717) is 11.6 Å². The lowest BCUT2D eigenvalue weighted by atomic mass is 10.0. The fraction of sp³-hybridized carbons (Fsp3) is 0.667. The highest BCUT2D eigenvalue weighted by Crippen LogP contribution is 2.20. The summed E-state index contributed by atoms with van der Waals surface area (Å²) in [5, 5.41) is 4.14. The molecule has 0 aliphatic rings. The van der Waals surface area contributed by atoms with Crippen molar-refractivity contribution in [3.05, 3.63) is 17.6 Å². The summed E-state index contributed by atoms with van der Waals surface area (Å²) in [6.45, 7) is 4.35. The standard InChI is InChI=1S/C15H25N5/c1-3-5-6-7-8-9-10-12-13(4-2)19-15-17-11-18-20(15)14(12)16/h11H,3-10,16H2,1-2H3. The zero-order chi connectivity index (χ0) is 14.4. The molecule has 110 valence electrons. The number of aryl methyl sites for hydroxylation is 1. The molecule has 5 nitrogen and oxygen atoms in total. The van der Waals surface area contributed by atoms with Crippen molar-refractivity contribution in [1.82, 2.24) is 19.6 Å². The molecule has 2 aromatic rings. The van der Waals surface area contributed by atoms with Crippen molar-refractivity contribution in [1.29, 1.82) is 0 Å². The number of nitrogens with two attached hydrogens (primary N) is 1. The van der Waals surface area contributed by atoms with E-state index in [1.54, 1.807) is 4.52 Å². The van der Waals surface area contributed by atoms with Crippen LogP contribution in [0.1, 0.15) is 63.6 Å². The highest BCUT2D eigenvalue weighted by Gasteiger charge is 2.12. The van der Waals surface area contributed by atoms with E-state index in [1.807, 2.05) is 0 Å². The third-order valence-electron chi connectivity index (χ3n) is 3.77. The van der Waals surface area contributed by atoms with Crippen molar-refractivity contribution < 1.29 is 0 Å². The van der Waals surface area contributed by atoms with Gasteiger partial charge in [-0.25, -0.2) is 4.98 Å². The molecule has 5 heteroatoms. The number of unbranched alkanes of at least 4 members (excludes halogenated alkanes) is 5. The van der Waals surface area contributed by atoms with Gasteiger partial charge < -0.3 is 5.73 Å². The second-order valence-electron chi connectivity index (χ2n) is 5.27. The van der Waals surface area contributed by atoms with E-state index < -0.39 is 0 Å². The lowest BCUT2D eigenvalue weighted by molar-refractivity contribution is 0.605. The molecule has 20 heavy (non-hydrogen) atoms. The summed E-state index contributed by atoms with van der Waals surface area (Å²) >= 11 is 0. The van der Waals surface area contributed by atoms with Gasteiger partial charge in [-0.3, -0.25) is 0 Å². The van der Waals surface area contributed by atoms with Gasteiger partial charge in [0.15, 0.2) is 0 Å². The van der Waals surface area contributed by atoms with Crippen molar-refractivity contribution in [2.24, 2.45) is 0 Å². The molecular formula is C15H25N5. The average Bonchev–Trinajstić information content (AvgIpc) is 2.93. The van der Waals surface area contributed by atoms with Gasteiger partial charge >= 0.3 is 0 Å². The van der Waals surface area contributed by atoms with Gasteiger partial charge in [-0.15, -0.1) is 0 Å². The molecular weight excluding hydrogens is 250 g/mol. The Kier molecular flexibility index (Phi) is 5.32. The molecule has 2 rings (SSSR count). The Morgan fingerprint density at radius 1 is 1.10 bits per heavy atom. The topological polar surface area (TPSA) is 69.1 Å². The van der Waals surface area contributed by atoms with Gasteiger partial charge in [0.2, 0.25) is 0 Å². The maximum atomic E-state index is 6.22. The summed E-state index contributed by atoms with van der Waals surface area (Å²) in [6.07, 6.45) is 11.1. The maximum Gasteiger partial charge on any atom is 0.254 e. The van der Waals surface area contributed by atoms with E-state index in [9.17, 15) is 0 Å². The Labute approximate surface area is 120 Å². The number of nitrogens with zero attached hydrogens (tertiary/aromatic N) is 4. The molecule has 0 unspecified atom stereocenters. The van der Waals surface area contributed by atoms with Gasteiger partial charge in [0.05, 0.1) is 5.69 Å². The Bertz CT molecular complexity index is 546. The summed E-state index contributed by atoms with van der Waals surface area (Å²) in [4.78, 5) is 8.67. The van der Waals surface area contributed by atoms with Gasteiger partial charge in [-0.2, -0.15) is 14.6 Å². The van der Waals surface area contributed by atoms with E-state index in [0.717, 1.165) is 24.1 Å². The molecule has 0 fully saturated rings. The molecule has 0 radical (unpaired) electrons. The second-order valence-corrected chi connectivity index (χ2v) is 5.27. The summed E-state index contributed by atoms with van der Waals surface area (Å²) in [6, 6.07) is 0. The number of aromatic nitrogens is 4. The van der Waals surface area contributed by atoms with Crippen LogP contribution in [-0.2, 0) is 12.8 Å². The SMILES string of the molecule is CCCCCCCCc1c(CC)nc2ncnn2c1N. The molecule has 2 heterocycles. The number of hydrogen-bond donors (Lipinski definition) is 1. The Morgan fingerprint density at radius 2 is 1.85 bits per heavy atom. The Morgan fingerprint density at radius 3 is 2.60 bits per heavy atom. The third-order valence-corrected chi connectivity index (χ3v) is 3.77. The fourth-order valence-electron chi connectivity index (χ4n) is 2.59. The van der Waals surface area contributed by atoms with Crippen molar-refractivity contribution >= 4 is 11.6 Å². The molecule has 0 aliphatic carbocycles. The molecule has 0 saturated carbocycles. The lowest BCUT2D eigenvalue weighted by Crippen LogP contribution is -2.10. The summed E-state index contributed by atoms with van der Waals surface area (Å²) in [7, 11) is 0. The number of hydrogen-bond acceptors (Lipinski definition) is 4. The average molecular weight is 275 g/mol. The highest BCUT2D eigenvalue weighted by atomic mass is 15.3. The lowest BCUT2D eigenvalue weighted by Gasteiger charge is -2.11. The van der Waals surface area contributed by atoms with E-state index in [-0.39, 0.29) is 0 Å². The van der Waals surface area contributed by atoms with E-state index in [1.165, 1.54) is 44.9 Å². The zero-order valence-electron chi connectivity index (χ0n) is 12.6. The molecule has 2 N–H and O–H groups in total. The normalized spacial score (nSPS) is 11.3. The van der Waals surface area contributed by atoms with Crippen LogP contribution in [0.25, 0.3) is 5.78 Å². The molecule has 0 aliphatic heterocycles. The van der Waals surface area contributed by atoms with Crippen LogP contribution in [0.4, 0.5) is 5.82 Å². The highest BCUT2D eigenvalue weighted by molar-refractivity contribution is 5.49. The van der Waals surface area contributed by atoms with Crippen LogP contribution in [0, 0.1) is 0 Å². The van der Waals surface area contributed by atoms with Crippen LogP contribution in [0.15, 0.2) is 6.33 Å². The van der Waals surface area contributed by atoms with Gasteiger partial charge in [0.25, 0.3) is 5.78 Å². The predicted molar refractivity (Wildman–Crippen MR) is 81.7 cm³/mol. The number of fused-ring (bicyclic) bond motifs is 1. The minimum absolute atomic E-state index is 0.603. The first-order valence-corrected chi connectivity index (χ1v) is 7.74. The molecule has 0 bridgehead atoms. The molecule has 0 atom stereocenters. The summed E-state index contributed by atoms with van der Waals surface area (Å²) in [5.74, 6) is 1.31. The van der Waals surface area contributed by atoms with Crippen molar-refractivity contribution in [2.45, 2.75) is 65.2 Å². The van der Waals surface area contributed by atoms with Crippen LogP contribution in [0.5, 0.6) is 0 Å². The summed E-state index contributed by atoms with van der Waals surface area (Å²) in [5.41, 5.74) is 8.44. The number of rotatable bonds is 8. The number of nitrogen functional groups attached to an aromatic ring is 1. The van der Waals surface area contributed by atoms with Crippen molar-refractivity contribution in [3.8, 4) is 0 Å². The molecule has 0 saturated heterocycles. The Balaban J connectivity index is 2.02. The van der Waals surface area contributed by atoms with Crippen molar-refractivity contribution in [3.63, 3.8) is 0 Å². The molecule has 0 aromatic carbocycles. The van der Waals surface area contributed by atoms with Crippen LogP contribution >= 0.6 is 0 Å².